The highest BCUT2D eigenvalue weighted by Gasteiger charge is 2.20. The van der Waals surface area contributed by atoms with E-state index in [0.717, 1.165) is 32.7 Å². The van der Waals surface area contributed by atoms with Gasteiger partial charge in [0.25, 0.3) is 0 Å². The highest BCUT2D eigenvalue weighted by Crippen LogP contribution is 2.18. The van der Waals surface area contributed by atoms with Gasteiger partial charge in [0.1, 0.15) is 0 Å². The maximum Gasteiger partial charge on any atom is 0.0932 e. The average Bonchev–Trinajstić information content (AvgIpc) is 2.50. The van der Waals surface area contributed by atoms with E-state index in [1.54, 1.807) is 0 Å². The lowest BCUT2D eigenvalue weighted by Crippen LogP contribution is -2.44. The number of rotatable bonds is 6. The predicted octanol–water partition coefficient (Wildman–Crippen LogP) is 1.34. The van der Waals surface area contributed by atoms with E-state index in [2.05, 4.69) is 41.4 Å². The van der Waals surface area contributed by atoms with Crippen LogP contribution in [-0.4, -0.2) is 56.0 Å². The molecule has 1 aliphatic heterocycles. The molecule has 2 rings (SSSR count). The molecule has 1 heterocycles. The largest absolute Gasteiger partial charge is 0.394 e. The van der Waals surface area contributed by atoms with Crippen molar-refractivity contribution in [3.05, 3.63) is 35.4 Å². The third-order valence-corrected chi connectivity index (χ3v) is 3.99. The molecular weight excluding hydrogens is 252 g/mol. The first kappa shape index (κ1) is 15.4. The van der Waals surface area contributed by atoms with E-state index in [-0.39, 0.29) is 12.7 Å². The number of ether oxygens (including phenoxy) is 1. The number of morpholine rings is 1. The van der Waals surface area contributed by atoms with E-state index in [1.807, 2.05) is 7.05 Å². The molecule has 4 nitrogen and oxygen atoms in total. The number of aryl methyl sites for hydroxylation is 1. The molecule has 2 N–H and O–H groups in total. The standard InChI is InChI=1S/C16H26N2O2/c1-13-3-5-14(6-4-13)16(17-2)7-8-18-9-10-20-15(11-18)12-19/h3-6,15-17,19H,7-12H2,1-2H3. The van der Waals surface area contributed by atoms with Crippen LogP contribution in [0.3, 0.4) is 0 Å². The van der Waals surface area contributed by atoms with Crippen LogP contribution in [0.4, 0.5) is 0 Å². The molecule has 0 bridgehead atoms. The zero-order valence-electron chi connectivity index (χ0n) is 12.5. The Morgan fingerprint density at radius 1 is 1.40 bits per heavy atom. The van der Waals surface area contributed by atoms with Gasteiger partial charge in [0.05, 0.1) is 19.3 Å². The van der Waals surface area contributed by atoms with Crippen molar-refractivity contribution in [1.29, 1.82) is 0 Å². The summed E-state index contributed by atoms with van der Waals surface area (Å²) in [6.07, 6.45) is 1.05. The molecule has 20 heavy (non-hydrogen) atoms. The molecular formula is C16H26N2O2. The van der Waals surface area contributed by atoms with E-state index in [9.17, 15) is 5.11 Å². The van der Waals surface area contributed by atoms with E-state index in [4.69, 9.17) is 4.74 Å². The van der Waals surface area contributed by atoms with Gasteiger partial charge < -0.3 is 15.2 Å². The number of nitrogens with one attached hydrogen (secondary N) is 1. The minimum absolute atomic E-state index is 0.0174. The Morgan fingerprint density at radius 3 is 2.80 bits per heavy atom. The fraction of sp³-hybridized carbons (Fsp3) is 0.625. The molecule has 1 aromatic rings. The SMILES string of the molecule is CNC(CCN1CCOC(CO)C1)c1ccc(C)cc1. The average molecular weight is 278 g/mol. The van der Waals surface area contributed by atoms with Gasteiger partial charge in [-0.05, 0) is 26.0 Å². The number of hydrogen-bond donors (Lipinski definition) is 2. The molecule has 0 saturated carbocycles. The molecule has 0 spiro atoms. The summed E-state index contributed by atoms with van der Waals surface area (Å²) in [5.74, 6) is 0. The quantitative estimate of drug-likeness (QED) is 0.824. The third-order valence-electron chi connectivity index (χ3n) is 3.99. The summed E-state index contributed by atoms with van der Waals surface area (Å²) in [7, 11) is 2.01. The van der Waals surface area contributed by atoms with Crippen LogP contribution in [0.1, 0.15) is 23.6 Å². The fourth-order valence-electron chi connectivity index (χ4n) is 2.68. The molecule has 1 aromatic carbocycles. The normalized spacial score (nSPS) is 21.9. The summed E-state index contributed by atoms with van der Waals surface area (Å²) < 4.78 is 5.48. The maximum atomic E-state index is 9.17. The Hall–Kier alpha value is -0.940. The van der Waals surface area contributed by atoms with Crippen LogP contribution in [0.15, 0.2) is 24.3 Å². The van der Waals surface area contributed by atoms with Crippen LogP contribution in [0.5, 0.6) is 0 Å². The number of nitrogens with zero attached hydrogens (tertiary/aromatic N) is 1. The van der Waals surface area contributed by atoms with Gasteiger partial charge in [0, 0.05) is 25.7 Å². The molecule has 2 atom stereocenters. The minimum Gasteiger partial charge on any atom is -0.394 e. The van der Waals surface area contributed by atoms with Crippen molar-refractivity contribution in [3.63, 3.8) is 0 Å². The van der Waals surface area contributed by atoms with Crippen molar-refractivity contribution in [2.24, 2.45) is 0 Å². The van der Waals surface area contributed by atoms with Gasteiger partial charge in [-0.3, -0.25) is 4.90 Å². The highest BCUT2D eigenvalue weighted by atomic mass is 16.5. The third kappa shape index (κ3) is 4.28. The van der Waals surface area contributed by atoms with Crippen molar-refractivity contribution < 1.29 is 9.84 Å². The second-order valence-corrected chi connectivity index (χ2v) is 5.52. The second kappa shape index (κ2) is 7.74. The van der Waals surface area contributed by atoms with Crippen LogP contribution in [0.2, 0.25) is 0 Å². The molecule has 0 amide bonds. The first-order valence-electron chi connectivity index (χ1n) is 7.41. The lowest BCUT2D eigenvalue weighted by atomic mass is 10.0. The Bertz CT molecular complexity index is 394. The molecule has 0 radical (unpaired) electrons. The van der Waals surface area contributed by atoms with Crippen LogP contribution in [-0.2, 0) is 4.74 Å². The topological polar surface area (TPSA) is 44.7 Å². The first-order chi connectivity index (χ1) is 9.72. The Kier molecular flexibility index (Phi) is 5.98. The summed E-state index contributed by atoms with van der Waals surface area (Å²) in [6, 6.07) is 9.11. The van der Waals surface area contributed by atoms with Crippen LogP contribution >= 0.6 is 0 Å². The monoisotopic (exact) mass is 278 g/mol. The van der Waals surface area contributed by atoms with Crippen molar-refractivity contribution in [2.45, 2.75) is 25.5 Å². The second-order valence-electron chi connectivity index (χ2n) is 5.52. The summed E-state index contributed by atoms with van der Waals surface area (Å²) in [5.41, 5.74) is 2.63. The molecule has 4 heteroatoms. The lowest BCUT2D eigenvalue weighted by Gasteiger charge is -2.33. The van der Waals surface area contributed by atoms with Gasteiger partial charge in [-0.2, -0.15) is 0 Å². The summed E-state index contributed by atoms with van der Waals surface area (Å²) in [5, 5.41) is 12.6. The van der Waals surface area contributed by atoms with Gasteiger partial charge in [-0.1, -0.05) is 29.8 Å². The zero-order chi connectivity index (χ0) is 14.4. The summed E-state index contributed by atoms with van der Waals surface area (Å²) in [4.78, 5) is 2.38. The van der Waals surface area contributed by atoms with Gasteiger partial charge in [-0.25, -0.2) is 0 Å². The molecule has 1 fully saturated rings. The number of aliphatic hydroxyl groups excluding tert-OH is 1. The van der Waals surface area contributed by atoms with Gasteiger partial charge >= 0.3 is 0 Å². The number of aliphatic hydroxyl groups is 1. The molecule has 1 aliphatic rings. The zero-order valence-corrected chi connectivity index (χ0v) is 12.5. The summed E-state index contributed by atoms with van der Waals surface area (Å²) >= 11 is 0. The molecule has 0 aromatic heterocycles. The smallest absolute Gasteiger partial charge is 0.0932 e. The van der Waals surface area contributed by atoms with Crippen molar-refractivity contribution >= 4 is 0 Å². The first-order valence-corrected chi connectivity index (χ1v) is 7.41. The van der Waals surface area contributed by atoms with Crippen molar-refractivity contribution in [2.75, 3.05) is 39.9 Å². The number of benzene rings is 1. The van der Waals surface area contributed by atoms with Gasteiger partial charge in [0.15, 0.2) is 0 Å². The Balaban J connectivity index is 1.85. The van der Waals surface area contributed by atoms with Crippen molar-refractivity contribution in [1.82, 2.24) is 10.2 Å². The molecule has 112 valence electrons. The summed E-state index contributed by atoms with van der Waals surface area (Å²) in [6.45, 7) is 5.77. The molecule has 2 unspecified atom stereocenters. The fourth-order valence-corrected chi connectivity index (χ4v) is 2.68. The van der Waals surface area contributed by atoms with Gasteiger partial charge in [0.2, 0.25) is 0 Å². The van der Waals surface area contributed by atoms with Crippen LogP contribution in [0.25, 0.3) is 0 Å². The molecule has 0 aliphatic carbocycles. The van der Waals surface area contributed by atoms with E-state index in [0.29, 0.717) is 6.04 Å². The number of hydrogen-bond acceptors (Lipinski definition) is 4. The predicted molar refractivity (Wildman–Crippen MR) is 80.9 cm³/mol. The lowest BCUT2D eigenvalue weighted by molar-refractivity contribution is -0.0533. The highest BCUT2D eigenvalue weighted by molar-refractivity contribution is 5.24. The maximum absolute atomic E-state index is 9.17. The minimum atomic E-state index is -0.0174. The Morgan fingerprint density at radius 2 is 2.15 bits per heavy atom. The Labute approximate surface area is 121 Å². The van der Waals surface area contributed by atoms with Crippen LogP contribution < -0.4 is 5.32 Å². The van der Waals surface area contributed by atoms with E-state index in [1.165, 1.54) is 11.1 Å². The van der Waals surface area contributed by atoms with Gasteiger partial charge in [-0.15, -0.1) is 0 Å². The van der Waals surface area contributed by atoms with Crippen molar-refractivity contribution in [3.8, 4) is 0 Å². The van der Waals surface area contributed by atoms with E-state index < -0.39 is 0 Å². The van der Waals surface area contributed by atoms with E-state index >= 15 is 0 Å². The van der Waals surface area contributed by atoms with Crippen LogP contribution in [0, 0.1) is 6.92 Å². The molecule has 1 saturated heterocycles.